The number of amidine groups is 1. The molecule has 2 fully saturated rings. The average Bonchev–Trinajstić information content (AvgIpc) is 3.26. The minimum atomic E-state index is -4.42. The number of nitrogens with one attached hydrogen (secondary N) is 1. The molecule has 6 rings (SSSR count). The van der Waals surface area contributed by atoms with Crippen LogP contribution < -0.4 is 10.1 Å². The minimum Gasteiger partial charge on any atom is -0.487 e. The van der Waals surface area contributed by atoms with E-state index in [-0.39, 0.29) is 11.6 Å². The molecule has 2 saturated heterocycles. The lowest BCUT2D eigenvalue weighted by atomic mass is 9.82. The van der Waals surface area contributed by atoms with E-state index in [1.165, 1.54) is 12.4 Å². The summed E-state index contributed by atoms with van der Waals surface area (Å²) in [5, 5.41) is 3.02. The Labute approximate surface area is 242 Å². The third kappa shape index (κ3) is 6.01. The predicted octanol–water partition coefficient (Wildman–Crippen LogP) is 5.61. The minimum absolute atomic E-state index is 0.109. The van der Waals surface area contributed by atoms with Gasteiger partial charge in [0.1, 0.15) is 17.2 Å². The normalized spacial score (nSPS) is 21.8. The molecule has 42 heavy (non-hydrogen) atoms. The predicted molar refractivity (Wildman–Crippen MR) is 155 cm³/mol. The summed E-state index contributed by atoms with van der Waals surface area (Å²) in [5.74, 6) is 1.34. The number of anilines is 1. The van der Waals surface area contributed by atoms with Crippen LogP contribution in [0.2, 0.25) is 0 Å². The van der Waals surface area contributed by atoms with Crippen LogP contribution in [0.5, 0.6) is 5.75 Å². The zero-order valence-electron chi connectivity index (χ0n) is 23.5. The number of amides is 2. The summed E-state index contributed by atoms with van der Waals surface area (Å²) in [6.07, 6.45) is 2.26. The van der Waals surface area contributed by atoms with Gasteiger partial charge in [-0.1, -0.05) is 12.1 Å². The number of alkyl halides is 3. The Bertz CT molecular complexity index is 1420. The van der Waals surface area contributed by atoms with Crippen LogP contribution in [0.3, 0.4) is 0 Å². The third-order valence-corrected chi connectivity index (χ3v) is 8.50. The standard InChI is InChI=1S/C31H34F3N5O3/c1-21-18-22(2-4-25(21)37-29(40)39-14-16-41-17-15-39)23-3-5-26-24(19-23)6-8-30(42-26)9-12-38(13-10-30)28-20-36-27(7-11-35-28)31(32,33)34/h2-5,7,11,18-20,27H,6,8-10,12-17H2,1H3,(H,37,40). The molecule has 4 heterocycles. The second-order valence-corrected chi connectivity index (χ2v) is 11.2. The van der Waals surface area contributed by atoms with Crippen molar-refractivity contribution in [2.24, 2.45) is 9.98 Å². The van der Waals surface area contributed by atoms with Gasteiger partial charge >= 0.3 is 12.2 Å². The molecule has 1 atom stereocenters. The van der Waals surface area contributed by atoms with Crippen molar-refractivity contribution in [2.75, 3.05) is 44.7 Å². The zero-order valence-corrected chi connectivity index (χ0v) is 23.5. The molecule has 1 spiro atoms. The molecule has 2 aromatic carbocycles. The molecule has 222 valence electrons. The lowest BCUT2D eigenvalue weighted by molar-refractivity contribution is -0.136. The summed E-state index contributed by atoms with van der Waals surface area (Å²) in [6, 6.07) is 10.4. The Hall–Kier alpha value is -3.86. The van der Waals surface area contributed by atoms with Crippen LogP contribution in [-0.4, -0.2) is 85.1 Å². The molecule has 0 saturated carbocycles. The van der Waals surface area contributed by atoms with Gasteiger partial charge in [-0.25, -0.2) is 9.79 Å². The van der Waals surface area contributed by atoms with E-state index in [9.17, 15) is 18.0 Å². The van der Waals surface area contributed by atoms with E-state index >= 15 is 0 Å². The molecular weight excluding hydrogens is 547 g/mol. The smallest absolute Gasteiger partial charge is 0.414 e. The number of halogens is 3. The molecule has 11 heteroatoms. The van der Waals surface area contributed by atoms with Crippen molar-refractivity contribution < 1.29 is 27.4 Å². The number of piperidine rings is 1. The monoisotopic (exact) mass is 581 g/mol. The second-order valence-electron chi connectivity index (χ2n) is 11.2. The first kappa shape index (κ1) is 28.3. The number of carbonyl (C=O) groups is 1. The van der Waals surface area contributed by atoms with E-state index in [2.05, 4.69) is 33.5 Å². The van der Waals surface area contributed by atoms with Gasteiger partial charge in [0.15, 0.2) is 6.04 Å². The van der Waals surface area contributed by atoms with E-state index in [0.717, 1.165) is 65.5 Å². The number of carbonyl (C=O) groups excluding carboxylic acids is 1. The lowest BCUT2D eigenvalue weighted by Gasteiger charge is -2.45. The van der Waals surface area contributed by atoms with E-state index in [1.807, 2.05) is 30.0 Å². The molecule has 4 aliphatic rings. The average molecular weight is 582 g/mol. The van der Waals surface area contributed by atoms with Gasteiger partial charge in [-0.2, -0.15) is 13.2 Å². The van der Waals surface area contributed by atoms with Crippen molar-refractivity contribution in [1.82, 2.24) is 9.80 Å². The third-order valence-electron chi connectivity index (χ3n) is 8.50. The van der Waals surface area contributed by atoms with Gasteiger partial charge in [-0.15, -0.1) is 0 Å². The van der Waals surface area contributed by atoms with Crippen LogP contribution in [-0.2, 0) is 11.2 Å². The molecule has 0 aromatic heterocycles. The molecule has 1 unspecified atom stereocenters. The highest BCUT2D eigenvalue weighted by Crippen LogP contribution is 2.41. The maximum absolute atomic E-state index is 13.0. The molecule has 0 bridgehead atoms. The van der Waals surface area contributed by atoms with Crippen LogP contribution in [0.15, 0.2) is 58.7 Å². The topological polar surface area (TPSA) is 78.8 Å². The molecule has 2 amide bonds. The number of benzene rings is 2. The number of likely N-dealkylation sites (tertiary alicyclic amines) is 1. The maximum atomic E-state index is 13.0. The Morgan fingerprint density at radius 1 is 1.02 bits per heavy atom. The fourth-order valence-electron chi connectivity index (χ4n) is 5.93. The van der Waals surface area contributed by atoms with E-state index in [0.29, 0.717) is 45.2 Å². The number of fused-ring (bicyclic) bond motifs is 1. The van der Waals surface area contributed by atoms with Crippen LogP contribution >= 0.6 is 0 Å². The number of aliphatic imine (C=N–C) groups is 2. The Morgan fingerprint density at radius 2 is 1.76 bits per heavy atom. The van der Waals surface area contributed by atoms with Crippen LogP contribution in [0.25, 0.3) is 11.1 Å². The van der Waals surface area contributed by atoms with Gasteiger partial charge in [0.25, 0.3) is 0 Å². The first-order chi connectivity index (χ1) is 20.2. The molecule has 8 nitrogen and oxygen atoms in total. The maximum Gasteiger partial charge on any atom is 0.414 e. The summed E-state index contributed by atoms with van der Waals surface area (Å²) in [7, 11) is 0. The summed E-state index contributed by atoms with van der Waals surface area (Å²) >= 11 is 0. The van der Waals surface area contributed by atoms with Gasteiger partial charge in [0.2, 0.25) is 0 Å². The molecule has 2 aromatic rings. The number of urea groups is 1. The van der Waals surface area contributed by atoms with Gasteiger partial charge in [0.05, 0.1) is 19.4 Å². The molecule has 0 aliphatic carbocycles. The molecule has 0 radical (unpaired) electrons. The Kier molecular flexibility index (Phi) is 7.69. The van der Waals surface area contributed by atoms with Crippen LogP contribution in [0.1, 0.15) is 30.4 Å². The van der Waals surface area contributed by atoms with Crippen molar-refractivity contribution in [3.8, 4) is 16.9 Å². The van der Waals surface area contributed by atoms with E-state index in [1.54, 1.807) is 4.90 Å². The molecular formula is C31H34F3N5O3. The molecule has 4 aliphatic heterocycles. The summed E-state index contributed by atoms with van der Waals surface area (Å²) in [6.45, 7) is 5.57. The van der Waals surface area contributed by atoms with Crippen molar-refractivity contribution >= 4 is 23.8 Å². The summed E-state index contributed by atoms with van der Waals surface area (Å²) in [5.41, 5.74) is 4.80. The van der Waals surface area contributed by atoms with Gasteiger partial charge < -0.3 is 24.6 Å². The zero-order chi connectivity index (χ0) is 29.3. The number of hydrogen-bond donors (Lipinski definition) is 1. The van der Waals surface area contributed by atoms with Crippen molar-refractivity contribution in [3.05, 3.63) is 59.8 Å². The number of nitrogens with zero attached hydrogens (tertiary/aromatic N) is 4. The highest BCUT2D eigenvalue weighted by Gasteiger charge is 2.41. The molecule has 1 N–H and O–H groups in total. The summed E-state index contributed by atoms with van der Waals surface area (Å²) in [4.78, 5) is 24.3. The quantitative estimate of drug-likeness (QED) is 0.500. The fraction of sp³-hybridized carbons (Fsp3) is 0.452. The van der Waals surface area contributed by atoms with Crippen LogP contribution in [0, 0.1) is 6.92 Å². The first-order valence-electron chi connectivity index (χ1n) is 14.4. The fourth-order valence-corrected chi connectivity index (χ4v) is 5.93. The highest BCUT2D eigenvalue weighted by atomic mass is 19.4. The number of morpholine rings is 1. The second kappa shape index (κ2) is 11.4. The number of ether oxygens (including phenoxy) is 2. The van der Waals surface area contributed by atoms with Crippen molar-refractivity contribution in [1.29, 1.82) is 0 Å². The van der Waals surface area contributed by atoms with E-state index < -0.39 is 12.2 Å². The van der Waals surface area contributed by atoms with E-state index in [4.69, 9.17) is 9.47 Å². The van der Waals surface area contributed by atoms with Crippen molar-refractivity contribution in [3.63, 3.8) is 0 Å². The highest BCUT2D eigenvalue weighted by molar-refractivity contribution is 6.29. The number of hydrogen-bond acceptors (Lipinski definition) is 6. The van der Waals surface area contributed by atoms with Gasteiger partial charge in [-0.05, 0) is 72.4 Å². The largest absolute Gasteiger partial charge is 0.487 e. The SMILES string of the molecule is Cc1cc(-c2ccc3c(c2)CCC2(CCN(C4=NC=CC(C(F)(F)F)N=C4)CC2)O3)ccc1NC(=O)N1CCOCC1. The number of rotatable bonds is 2. The van der Waals surface area contributed by atoms with Gasteiger partial charge in [-0.3, -0.25) is 4.99 Å². The first-order valence-corrected chi connectivity index (χ1v) is 14.4. The Balaban J connectivity index is 1.08. The van der Waals surface area contributed by atoms with Crippen molar-refractivity contribution in [2.45, 2.75) is 50.4 Å². The van der Waals surface area contributed by atoms with Crippen LogP contribution in [0.4, 0.5) is 23.7 Å². The van der Waals surface area contributed by atoms with Gasteiger partial charge in [0, 0.05) is 50.9 Å². The summed E-state index contributed by atoms with van der Waals surface area (Å²) < 4.78 is 51.1. The number of aryl methyl sites for hydroxylation is 2. The lowest BCUT2D eigenvalue weighted by Crippen LogP contribution is -2.51. The Morgan fingerprint density at radius 3 is 2.50 bits per heavy atom.